The molecule has 0 unspecified atom stereocenters. The van der Waals surface area contributed by atoms with Gasteiger partial charge in [-0.1, -0.05) is 41.4 Å². The maximum Gasteiger partial charge on any atom is 0.319 e. The number of amides is 2. The number of sulfonamides is 1. The van der Waals surface area contributed by atoms with Gasteiger partial charge >= 0.3 is 6.03 Å². The SMILES string of the molecule is O=C(NCc1cc(CN(Cc2ccc(F)cc2)S(=O)(=O)c2cc(Cl)cc(Cl)c2O)cc(Oc2ccc(F)cc2)c1)Nc1ccc(F)cc1F. The number of hydrogen-bond acceptors (Lipinski definition) is 5. The molecule has 0 spiro atoms. The number of carbonyl (C=O) groups excluding carboxylic acids is 1. The zero-order valence-electron chi connectivity index (χ0n) is 25.1. The molecule has 254 valence electrons. The first-order valence-electron chi connectivity index (χ1n) is 14.3. The maximum absolute atomic E-state index is 14.1. The Hall–Kier alpha value is -4.82. The van der Waals surface area contributed by atoms with E-state index < -0.39 is 50.0 Å². The minimum atomic E-state index is -4.54. The Morgan fingerprint density at radius 2 is 1.35 bits per heavy atom. The summed E-state index contributed by atoms with van der Waals surface area (Å²) in [5.74, 6) is -3.14. The molecule has 3 N–H and O–H groups in total. The van der Waals surface area contributed by atoms with E-state index in [1.54, 1.807) is 6.07 Å². The van der Waals surface area contributed by atoms with Crippen molar-refractivity contribution in [3.8, 4) is 17.2 Å². The third-order valence-corrected chi connectivity index (χ3v) is 9.26. The van der Waals surface area contributed by atoms with Crippen LogP contribution in [0.15, 0.2) is 102 Å². The molecule has 0 saturated heterocycles. The molecule has 8 nitrogen and oxygen atoms in total. The van der Waals surface area contributed by atoms with Crippen molar-refractivity contribution < 1.29 is 40.6 Å². The van der Waals surface area contributed by atoms with Gasteiger partial charge in [-0.05, 0) is 89.5 Å². The second-order valence-electron chi connectivity index (χ2n) is 10.6. The zero-order chi connectivity index (χ0) is 35.3. The van der Waals surface area contributed by atoms with Crippen molar-refractivity contribution >= 4 is 44.9 Å². The molecule has 5 aromatic carbocycles. The average Bonchev–Trinajstić information content (AvgIpc) is 3.05. The molecule has 0 heterocycles. The number of urea groups is 1. The van der Waals surface area contributed by atoms with Crippen LogP contribution in [0.4, 0.5) is 28.0 Å². The minimum Gasteiger partial charge on any atom is -0.505 e. The highest BCUT2D eigenvalue weighted by atomic mass is 35.5. The molecule has 0 aliphatic rings. The molecule has 0 saturated carbocycles. The van der Waals surface area contributed by atoms with E-state index in [1.165, 1.54) is 54.6 Å². The first kappa shape index (κ1) is 35.5. The summed E-state index contributed by atoms with van der Waals surface area (Å²) < 4.78 is 89.6. The van der Waals surface area contributed by atoms with Crippen molar-refractivity contribution in [2.24, 2.45) is 0 Å². The van der Waals surface area contributed by atoms with Gasteiger partial charge < -0.3 is 20.5 Å². The predicted octanol–water partition coefficient (Wildman–Crippen LogP) is 8.76. The van der Waals surface area contributed by atoms with E-state index in [9.17, 15) is 35.9 Å². The summed E-state index contributed by atoms with van der Waals surface area (Å²) >= 11 is 12.1. The number of carbonyl (C=O) groups is 1. The van der Waals surface area contributed by atoms with Crippen molar-refractivity contribution in [2.45, 2.75) is 24.5 Å². The van der Waals surface area contributed by atoms with Gasteiger partial charge in [-0.15, -0.1) is 0 Å². The normalized spacial score (nSPS) is 11.4. The van der Waals surface area contributed by atoms with Crippen LogP contribution in [0, 0.1) is 23.3 Å². The smallest absolute Gasteiger partial charge is 0.319 e. The molecule has 0 aliphatic heterocycles. The van der Waals surface area contributed by atoms with Crippen LogP contribution in [-0.4, -0.2) is 23.9 Å². The number of benzene rings is 5. The molecular formula is C34H25Cl2F4N3O5S. The molecule has 0 aliphatic carbocycles. The van der Waals surface area contributed by atoms with Crippen LogP contribution in [0.25, 0.3) is 0 Å². The lowest BCUT2D eigenvalue weighted by Crippen LogP contribution is -2.31. The fraction of sp³-hybridized carbons (Fsp3) is 0.0882. The van der Waals surface area contributed by atoms with E-state index in [2.05, 4.69) is 10.6 Å². The van der Waals surface area contributed by atoms with Crippen molar-refractivity contribution in [1.29, 1.82) is 0 Å². The van der Waals surface area contributed by atoms with Crippen molar-refractivity contribution in [2.75, 3.05) is 5.32 Å². The van der Waals surface area contributed by atoms with Crippen LogP contribution in [0.5, 0.6) is 17.2 Å². The summed E-state index contributed by atoms with van der Waals surface area (Å²) in [5.41, 5.74) is 0.874. The van der Waals surface area contributed by atoms with E-state index in [0.717, 1.165) is 34.6 Å². The molecule has 0 bridgehead atoms. The lowest BCUT2D eigenvalue weighted by Gasteiger charge is -2.24. The van der Waals surface area contributed by atoms with Crippen molar-refractivity contribution in [3.63, 3.8) is 0 Å². The molecule has 5 aromatic rings. The van der Waals surface area contributed by atoms with Crippen LogP contribution in [0.3, 0.4) is 0 Å². The molecule has 5 rings (SSSR count). The number of anilines is 1. The summed E-state index contributed by atoms with van der Waals surface area (Å²) in [6, 6.07) is 18.9. The Bertz CT molecular complexity index is 2110. The minimum absolute atomic E-state index is 0.0510. The number of hydrogen-bond donors (Lipinski definition) is 3. The fourth-order valence-electron chi connectivity index (χ4n) is 4.66. The molecule has 2 amide bonds. The third kappa shape index (κ3) is 9.21. The molecular weight excluding hydrogens is 709 g/mol. The Kier molecular flexibility index (Phi) is 11.0. The van der Waals surface area contributed by atoms with Crippen LogP contribution in [0.1, 0.15) is 16.7 Å². The van der Waals surface area contributed by atoms with Gasteiger partial charge in [0, 0.05) is 30.7 Å². The number of rotatable bonds is 11. The molecule has 15 heteroatoms. The average molecular weight is 735 g/mol. The topological polar surface area (TPSA) is 108 Å². The predicted molar refractivity (Wildman–Crippen MR) is 176 cm³/mol. The second-order valence-corrected chi connectivity index (χ2v) is 13.4. The van der Waals surface area contributed by atoms with E-state index in [4.69, 9.17) is 27.9 Å². The van der Waals surface area contributed by atoms with Crippen LogP contribution >= 0.6 is 23.2 Å². The lowest BCUT2D eigenvalue weighted by atomic mass is 10.1. The van der Waals surface area contributed by atoms with Gasteiger partial charge in [-0.2, -0.15) is 4.31 Å². The lowest BCUT2D eigenvalue weighted by molar-refractivity contribution is 0.251. The van der Waals surface area contributed by atoms with Crippen molar-refractivity contribution in [3.05, 3.63) is 147 Å². The Labute approximate surface area is 288 Å². The number of nitrogens with zero attached hydrogens (tertiary/aromatic N) is 1. The summed E-state index contributed by atoms with van der Waals surface area (Å²) in [7, 11) is -4.54. The summed E-state index contributed by atoms with van der Waals surface area (Å²) in [6.45, 7) is -0.796. The van der Waals surface area contributed by atoms with E-state index >= 15 is 0 Å². The quantitative estimate of drug-likeness (QED) is 0.118. The van der Waals surface area contributed by atoms with Gasteiger partial charge in [0.1, 0.15) is 39.7 Å². The van der Waals surface area contributed by atoms with Gasteiger partial charge in [0.25, 0.3) is 0 Å². The van der Waals surface area contributed by atoms with Gasteiger partial charge in [-0.3, -0.25) is 0 Å². The Balaban J connectivity index is 1.49. The third-order valence-electron chi connectivity index (χ3n) is 6.95. The molecule has 0 radical (unpaired) electrons. The maximum atomic E-state index is 14.1. The van der Waals surface area contributed by atoms with E-state index in [0.29, 0.717) is 22.8 Å². The van der Waals surface area contributed by atoms with E-state index in [1.807, 2.05) is 0 Å². The second kappa shape index (κ2) is 15.2. The highest BCUT2D eigenvalue weighted by molar-refractivity contribution is 7.89. The first-order valence-corrected chi connectivity index (χ1v) is 16.5. The zero-order valence-corrected chi connectivity index (χ0v) is 27.4. The van der Waals surface area contributed by atoms with Gasteiger partial charge in [0.2, 0.25) is 10.0 Å². The number of nitrogens with one attached hydrogen (secondary N) is 2. The number of phenolic OH excluding ortho intramolecular Hbond substituents is 1. The fourth-order valence-corrected chi connectivity index (χ4v) is 6.82. The largest absolute Gasteiger partial charge is 0.505 e. The van der Waals surface area contributed by atoms with Gasteiger partial charge in [0.15, 0.2) is 5.75 Å². The molecule has 0 atom stereocenters. The van der Waals surface area contributed by atoms with Gasteiger partial charge in [-0.25, -0.2) is 30.8 Å². The molecule has 0 aromatic heterocycles. The first-order chi connectivity index (χ1) is 23.3. The Morgan fingerprint density at radius 3 is 2.02 bits per heavy atom. The summed E-state index contributed by atoms with van der Waals surface area (Å²) in [6.07, 6.45) is 0. The van der Waals surface area contributed by atoms with Crippen LogP contribution < -0.4 is 15.4 Å². The monoisotopic (exact) mass is 733 g/mol. The van der Waals surface area contributed by atoms with Crippen LogP contribution in [-0.2, 0) is 29.7 Å². The molecule has 49 heavy (non-hydrogen) atoms. The van der Waals surface area contributed by atoms with E-state index in [-0.39, 0.29) is 46.9 Å². The molecule has 0 fully saturated rings. The van der Waals surface area contributed by atoms with Crippen LogP contribution in [0.2, 0.25) is 10.0 Å². The summed E-state index contributed by atoms with van der Waals surface area (Å²) in [5, 5.41) is 15.1. The number of phenols is 1. The summed E-state index contributed by atoms with van der Waals surface area (Å²) in [4.78, 5) is 12.0. The Morgan fingerprint density at radius 1 is 0.735 bits per heavy atom. The number of ether oxygens (including phenoxy) is 1. The number of aromatic hydroxyl groups is 1. The van der Waals surface area contributed by atoms with Crippen molar-refractivity contribution in [1.82, 2.24) is 9.62 Å². The van der Waals surface area contributed by atoms with Gasteiger partial charge in [0.05, 0.1) is 10.7 Å². The standard InChI is InChI=1S/C34H25Cl2F4N3O5S/c35-23-14-29(36)33(44)32(15-23)49(46,47)43(18-20-1-3-24(37)4-2-20)19-22-11-21(12-28(13-22)48-27-8-5-25(38)6-9-27)17-41-34(45)42-31-10-7-26(39)16-30(31)40/h1-16,44H,17-19H2,(H2,41,42,45). The number of halogens is 6. The highest BCUT2D eigenvalue weighted by Gasteiger charge is 2.30. The highest BCUT2D eigenvalue weighted by Crippen LogP contribution is 2.37.